The second-order valence-electron chi connectivity index (χ2n) is 4.78. The van der Waals surface area contributed by atoms with Crippen LogP contribution in [-0.2, 0) is 4.79 Å². The van der Waals surface area contributed by atoms with E-state index in [1.807, 2.05) is 11.9 Å². The van der Waals surface area contributed by atoms with Crippen LogP contribution in [0.25, 0.3) is 0 Å². The summed E-state index contributed by atoms with van der Waals surface area (Å²) in [4.78, 5) is 18.3. The molecule has 94 valence electrons. The monoisotopic (exact) mass is 227 g/mol. The molecule has 0 aromatic rings. The molecule has 1 saturated heterocycles. The SMILES string of the molecule is CCCCN(C)CC(=O)N1CCN(C)CC1. The number of rotatable bonds is 5. The van der Waals surface area contributed by atoms with Crippen LogP contribution in [0.2, 0.25) is 0 Å². The van der Waals surface area contributed by atoms with Gasteiger partial charge in [0.25, 0.3) is 0 Å². The number of hydrogen-bond donors (Lipinski definition) is 0. The first-order valence-electron chi connectivity index (χ1n) is 6.28. The molecule has 0 aliphatic carbocycles. The maximum Gasteiger partial charge on any atom is 0.236 e. The average molecular weight is 227 g/mol. The summed E-state index contributed by atoms with van der Waals surface area (Å²) >= 11 is 0. The molecule has 0 radical (unpaired) electrons. The number of likely N-dealkylation sites (N-methyl/N-ethyl adjacent to an activating group) is 2. The highest BCUT2D eigenvalue weighted by atomic mass is 16.2. The van der Waals surface area contributed by atoms with Crippen molar-refractivity contribution in [3.05, 3.63) is 0 Å². The van der Waals surface area contributed by atoms with Gasteiger partial charge in [-0.25, -0.2) is 0 Å². The van der Waals surface area contributed by atoms with Crippen LogP contribution in [0.5, 0.6) is 0 Å². The summed E-state index contributed by atoms with van der Waals surface area (Å²) in [6.07, 6.45) is 2.36. The van der Waals surface area contributed by atoms with Crippen molar-refractivity contribution in [1.82, 2.24) is 14.7 Å². The van der Waals surface area contributed by atoms with Gasteiger partial charge in [-0.2, -0.15) is 0 Å². The second kappa shape index (κ2) is 6.86. The highest BCUT2D eigenvalue weighted by Gasteiger charge is 2.19. The standard InChI is InChI=1S/C12H25N3O/c1-4-5-6-14(3)11-12(16)15-9-7-13(2)8-10-15/h4-11H2,1-3H3. The van der Waals surface area contributed by atoms with Crippen molar-refractivity contribution in [1.29, 1.82) is 0 Å². The summed E-state index contributed by atoms with van der Waals surface area (Å²) in [6.45, 7) is 7.55. The molecule has 1 rings (SSSR count). The van der Waals surface area contributed by atoms with Crippen molar-refractivity contribution in [2.24, 2.45) is 0 Å². The summed E-state index contributed by atoms with van der Waals surface area (Å²) in [5, 5.41) is 0. The van der Waals surface area contributed by atoms with Gasteiger partial charge in [-0.15, -0.1) is 0 Å². The summed E-state index contributed by atoms with van der Waals surface area (Å²) in [5.41, 5.74) is 0. The van der Waals surface area contributed by atoms with Crippen molar-refractivity contribution >= 4 is 5.91 Å². The minimum Gasteiger partial charge on any atom is -0.339 e. The molecule has 16 heavy (non-hydrogen) atoms. The third kappa shape index (κ3) is 4.49. The van der Waals surface area contributed by atoms with Crippen LogP contribution in [0.1, 0.15) is 19.8 Å². The first-order chi connectivity index (χ1) is 7.63. The van der Waals surface area contributed by atoms with E-state index < -0.39 is 0 Å². The molecule has 0 saturated carbocycles. The Balaban J connectivity index is 2.23. The summed E-state index contributed by atoms with van der Waals surface area (Å²) in [7, 11) is 4.14. The molecule has 0 spiro atoms. The zero-order valence-electron chi connectivity index (χ0n) is 10.9. The topological polar surface area (TPSA) is 26.8 Å². The van der Waals surface area contributed by atoms with Gasteiger partial charge in [-0.1, -0.05) is 13.3 Å². The van der Waals surface area contributed by atoms with Gasteiger partial charge in [0.05, 0.1) is 6.54 Å². The molecule has 4 nitrogen and oxygen atoms in total. The van der Waals surface area contributed by atoms with E-state index in [0.29, 0.717) is 6.54 Å². The molecule has 1 amide bonds. The molecule has 0 aromatic carbocycles. The molecule has 0 N–H and O–H groups in total. The van der Waals surface area contributed by atoms with Crippen LogP contribution >= 0.6 is 0 Å². The molecule has 1 aliphatic rings. The predicted octanol–water partition coefficient (Wildman–Crippen LogP) is 0.492. The van der Waals surface area contributed by atoms with Gasteiger partial charge in [0.2, 0.25) is 5.91 Å². The van der Waals surface area contributed by atoms with Gasteiger partial charge in [-0.05, 0) is 27.1 Å². The number of piperazine rings is 1. The second-order valence-corrected chi connectivity index (χ2v) is 4.78. The molecule has 4 heteroatoms. The molecular weight excluding hydrogens is 202 g/mol. The van der Waals surface area contributed by atoms with E-state index in [4.69, 9.17) is 0 Å². The number of carbonyl (C=O) groups excluding carboxylic acids is 1. The van der Waals surface area contributed by atoms with Crippen LogP contribution in [0.3, 0.4) is 0 Å². The predicted molar refractivity (Wildman–Crippen MR) is 66.5 cm³/mol. The van der Waals surface area contributed by atoms with Gasteiger partial charge < -0.3 is 9.80 Å². The Labute approximate surface area is 99.2 Å². The molecule has 0 atom stereocenters. The Morgan fingerprint density at radius 3 is 2.44 bits per heavy atom. The lowest BCUT2D eigenvalue weighted by atomic mass is 10.3. The maximum atomic E-state index is 11.9. The van der Waals surface area contributed by atoms with Crippen LogP contribution in [0.15, 0.2) is 0 Å². The minimum atomic E-state index is 0.284. The smallest absolute Gasteiger partial charge is 0.236 e. The number of unbranched alkanes of at least 4 members (excludes halogenated alkanes) is 1. The van der Waals surface area contributed by atoms with Gasteiger partial charge in [0.15, 0.2) is 0 Å². The van der Waals surface area contributed by atoms with E-state index >= 15 is 0 Å². The van der Waals surface area contributed by atoms with Gasteiger partial charge in [-0.3, -0.25) is 9.69 Å². The zero-order valence-corrected chi connectivity index (χ0v) is 10.9. The third-order valence-corrected chi connectivity index (χ3v) is 3.15. The van der Waals surface area contributed by atoms with Crippen LogP contribution < -0.4 is 0 Å². The van der Waals surface area contributed by atoms with E-state index in [1.54, 1.807) is 0 Å². The number of carbonyl (C=O) groups is 1. The minimum absolute atomic E-state index is 0.284. The molecular formula is C12H25N3O. The average Bonchev–Trinajstić information content (AvgIpc) is 2.27. The lowest BCUT2D eigenvalue weighted by Gasteiger charge is -2.33. The van der Waals surface area contributed by atoms with Crippen molar-refractivity contribution in [3.8, 4) is 0 Å². The van der Waals surface area contributed by atoms with Crippen LogP contribution in [0.4, 0.5) is 0 Å². The fraction of sp³-hybridized carbons (Fsp3) is 0.917. The summed E-state index contributed by atoms with van der Waals surface area (Å²) in [6, 6.07) is 0. The quantitative estimate of drug-likeness (QED) is 0.684. The summed E-state index contributed by atoms with van der Waals surface area (Å²) in [5.74, 6) is 0.284. The molecule has 1 fully saturated rings. The molecule has 1 heterocycles. The lowest BCUT2D eigenvalue weighted by Crippen LogP contribution is -2.49. The first kappa shape index (κ1) is 13.5. The van der Waals surface area contributed by atoms with E-state index in [2.05, 4.69) is 23.8 Å². The normalized spacial score (nSPS) is 18.1. The number of nitrogens with zero attached hydrogens (tertiary/aromatic N) is 3. The maximum absolute atomic E-state index is 11.9. The Bertz CT molecular complexity index is 212. The third-order valence-electron chi connectivity index (χ3n) is 3.15. The first-order valence-corrected chi connectivity index (χ1v) is 6.28. The molecule has 1 aliphatic heterocycles. The van der Waals surface area contributed by atoms with Crippen LogP contribution in [-0.4, -0.2) is 74.0 Å². The van der Waals surface area contributed by atoms with Gasteiger partial charge in [0.1, 0.15) is 0 Å². The van der Waals surface area contributed by atoms with Crippen molar-refractivity contribution in [2.45, 2.75) is 19.8 Å². The highest BCUT2D eigenvalue weighted by molar-refractivity contribution is 5.78. The number of hydrogen-bond acceptors (Lipinski definition) is 3. The van der Waals surface area contributed by atoms with Crippen molar-refractivity contribution < 1.29 is 4.79 Å². The van der Waals surface area contributed by atoms with Crippen LogP contribution in [0, 0.1) is 0 Å². The fourth-order valence-electron chi connectivity index (χ4n) is 1.89. The van der Waals surface area contributed by atoms with Crippen molar-refractivity contribution in [2.75, 3.05) is 53.4 Å². The van der Waals surface area contributed by atoms with Crippen molar-refractivity contribution in [3.63, 3.8) is 0 Å². The number of amides is 1. The van der Waals surface area contributed by atoms with Gasteiger partial charge in [0, 0.05) is 26.2 Å². The zero-order chi connectivity index (χ0) is 12.0. The van der Waals surface area contributed by atoms with E-state index in [1.165, 1.54) is 12.8 Å². The highest BCUT2D eigenvalue weighted by Crippen LogP contribution is 2.01. The fourth-order valence-corrected chi connectivity index (χ4v) is 1.89. The molecule has 0 aromatic heterocycles. The van der Waals surface area contributed by atoms with Gasteiger partial charge >= 0.3 is 0 Å². The lowest BCUT2D eigenvalue weighted by molar-refractivity contribution is -0.133. The van der Waals surface area contributed by atoms with E-state index in [9.17, 15) is 4.79 Å². The van der Waals surface area contributed by atoms with E-state index in [-0.39, 0.29) is 5.91 Å². The molecule has 0 bridgehead atoms. The Hall–Kier alpha value is -0.610. The Morgan fingerprint density at radius 2 is 1.88 bits per heavy atom. The summed E-state index contributed by atoms with van der Waals surface area (Å²) < 4.78 is 0. The Kier molecular flexibility index (Phi) is 5.77. The Morgan fingerprint density at radius 1 is 1.25 bits per heavy atom. The van der Waals surface area contributed by atoms with E-state index in [0.717, 1.165) is 32.7 Å². The largest absolute Gasteiger partial charge is 0.339 e. The molecule has 0 unspecified atom stereocenters.